The van der Waals surface area contributed by atoms with Gasteiger partial charge in [-0.3, -0.25) is 9.69 Å². The minimum Gasteiger partial charge on any atom is -0.394 e. The monoisotopic (exact) mass is 422 g/mol. The predicted molar refractivity (Wildman–Crippen MR) is 98.5 cm³/mol. The SMILES string of the molecule is CC=CC1CC(C(=O)OC(=O)C(F)(F)F)N(C[C@H](CCC)C(CO)NC(C)=O)C1. The average Bonchev–Trinajstić information content (AvgIpc) is 3.01. The van der Waals surface area contributed by atoms with Gasteiger partial charge >= 0.3 is 18.1 Å². The standard InChI is InChI=1S/C19H29F3N2O5/c1-4-6-13-8-16(17(27)29-18(28)19(20,21)22)24(9-13)10-14(7-5-2)15(11-25)23-12(3)26/h4,6,13-16,25H,5,7-11H2,1-3H3,(H,23,26)/t13?,14-,15?,16?/m0/s1. The lowest BCUT2D eigenvalue weighted by molar-refractivity contribution is -0.203. The largest absolute Gasteiger partial charge is 0.491 e. The smallest absolute Gasteiger partial charge is 0.394 e. The van der Waals surface area contributed by atoms with Crippen molar-refractivity contribution in [2.24, 2.45) is 11.8 Å². The molecule has 0 spiro atoms. The van der Waals surface area contributed by atoms with Crippen molar-refractivity contribution < 1.29 is 37.4 Å². The third-order valence-electron chi connectivity index (χ3n) is 4.88. The molecular formula is C19H29F3N2O5. The number of likely N-dealkylation sites (tertiary alicyclic amines) is 1. The summed E-state index contributed by atoms with van der Waals surface area (Å²) < 4.78 is 41.4. The van der Waals surface area contributed by atoms with Gasteiger partial charge in [0.25, 0.3) is 0 Å². The van der Waals surface area contributed by atoms with Gasteiger partial charge in [0.15, 0.2) is 0 Å². The van der Waals surface area contributed by atoms with E-state index in [1.807, 2.05) is 13.0 Å². The molecule has 10 heteroatoms. The van der Waals surface area contributed by atoms with Gasteiger partial charge < -0.3 is 15.2 Å². The second-order valence-corrected chi connectivity index (χ2v) is 7.24. The maximum Gasteiger partial charge on any atom is 0.491 e. The van der Waals surface area contributed by atoms with E-state index in [9.17, 15) is 32.7 Å². The summed E-state index contributed by atoms with van der Waals surface area (Å²) in [7, 11) is 0. The van der Waals surface area contributed by atoms with Crippen molar-refractivity contribution in [2.75, 3.05) is 19.7 Å². The number of hydrogen-bond donors (Lipinski definition) is 2. The number of nitrogens with zero attached hydrogens (tertiary/aromatic N) is 1. The van der Waals surface area contributed by atoms with E-state index in [0.29, 0.717) is 13.0 Å². The zero-order valence-corrected chi connectivity index (χ0v) is 16.9. The van der Waals surface area contributed by atoms with Crippen molar-refractivity contribution in [3.63, 3.8) is 0 Å². The van der Waals surface area contributed by atoms with Crippen LogP contribution in [-0.2, 0) is 19.1 Å². The molecule has 3 unspecified atom stereocenters. The van der Waals surface area contributed by atoms with Gasteiger partial charge in [-0.25, -0.2) is 9.59 Å². The third kappa shape index (κ3) is 7.77. The molecule has 0 aromatic carbocycles. The fourth-order valence-corrected chi connectivity index (χ4v) is 3.68. The first kappa shape index (κ1) is 25.1. The van der Waals surface area contributed by atoms with E-state index in [4.69, 9.17) is 0 Å². The Labute approximate surface area is 168 Å². The molecule has 7 nitrogen and oxygen atoms in total. The van der Waals surface area contributed by atoms with Crippen molar-refractivity contribution in [2.45, 2.75) is 58.3 Å². The summed E-state index contributed by atoms with van der Waals surface area (Å²) in [4.78, 5) is 36.4. The predicted octanol–water partition coefficient (Wildman–Crippen LogP) is 1.80. The van der Waals surface area contributed by atoms with Crippen LogP contribution in [0, 0.1) is 11.8 Å². The lowest BCUT2D eigenvalue weighted by Gasteiger charge is -2.32. The lowest BCUT2D eigenvalue weighted by Crippen LogP contribution is -2.49. The Bertz CT molecular complexity index is 609. The Morgan fingerprint density at radius 1 is 1.34 bits per heavy atom. The first-order chi connectivity index (χ1) is 13.5. The molecule has 1 rings (SSSR count). The molecule has 1 fully saturated rings. The number of allylic oxidation sites excluding steroid dienone is 1. The molecule has 2 N–H and O–H groups in total. The summed E-state index contributed by atoms with van der Waals surface area (Å²) in [5.41, 5.74) is 0. The highest BCUT2D eigenvalue weighted by atomic mass is 19.4. The molecule has 0 aliphatic carbocycles. The maximum atomic E-state index is 12.5. The molecule has 1 amide bonds. The van der Waals surface area contributed by atoms with E-state index in [1.54, 1.807) is 17.9 Å². The van der Waals surface area contributed by atoms with E-state index < -0.39 is 30.2 Å². The van der Waals surface area contributed by atoms with E-state index in [0.717, 1.165) is 6.42 Å². The topological polar surface area (TPSA) is 95.9 Å². The molecule has 1 aliphatic rings. The van der Waals surface area contributed by atoms with Gasteiger partial charge in [0.2, 0.25) is 5.91 Å². The van der Waals surface area contributed by atoms with Crippen LogP contribution >= 0.6 is 0 Å². The number of esters is 2. The number of amides is 1. The van der Waals surface area contributed by atoms with Crippen LogP contribution in [0.4, 0.5) is 13.2 Å². The molecule has 4 atom stereocenters. The minimum atomic E-state index is -5.25. The normalized spacial score (nSPS) is 22.4. The van der Waals surface area contributed by atoms with E-state index >= 15 is 0 Å². The van der Waals surface area contributed by atoms with E-state index in [2.05, 4.69) is 10.1 Å². The van der Waals surface area contributed by atoms with Gasteiger partial charge in [0.05, 0.1) is 12.6 Å². The van der Waals surface area contributed by atoms with Crippen molar-refractivity contribution in [1.29, 1.82) is 0 Å². The van der Waals surface area contributed by atoms with Crippen molar-refractivity contribution in [3.05, 3.63) is 12.2 Å². The van der Waals surface area contributed by atoms with Crippen molar-refractivity contribution in [1.82, 2.24) is 10.2 Å². The van der Waals surface area contributed by atoms with Crippen LogP contribution < -0.4 is 5.32 Å². The van der Waals surface area contributed by atoms with Gasteiger partial charge in [-0.1, -0.05) is 25.5 Å². The van der Waals surface area contributed by atoms with Crippen LogP contribution in [0.5, 0.6) is 0 Å². The second kappa shape index (κ2) is 11.3. The Kier molecular flexibility index (Phi) is 9.78. The van der Waals surface area contributed by atoms with Crippen LogP contribution in [0.1, 0.15) is 40.0 Å². The molecule has 1 aliphatic heterocycles. The number of aliphatic hydroxyl groups excluding tert-OH is 1. The maximum absolute atomic E-state index is 12.5. The Morgan fingerprint density at radius 3 is 2.48 bits per heavy atom. The molecule has 0 saturated carbocycles. The van der Waals surface area contributed by atoms with Crippen LogP contribution in [0.15, 0.2) is 12.2 Å². The van der Waals surface area contributed by atoms with Crippen LogP contribution in [0.25, 0.3) is 0 Å². The van der Waals surface area contributed by atoms with E-state index in [1.165, 1.54) is 6.92 Å². The van der Waals surface area contributed by atoms with E-state index in [-0.39, 0.29) is 37.3 Å². The number of aliphatic hydroxyl groups is 1. The third-order valence-corrected chi connectivity index (χ3v) is 4.88. The summed E-state index contributed by atoms with van der Waals surface area (Å²) >= 11 is 0. The van der Waals surface area contributed by atoms with Gasteiger partial charge in [-0.15, -0.1) is 0 Å². The number of alkyl halides is 3. The zero-order valence-electron chi connectivity index (χ0n) is 16.9. The molecule has 0 radical (unpaired) electrons. The Morgan fingerprint density at radius 2 is 2.00 bits per heavy atom. The van der Waals surface area contributed by atoms with Gasteiger partial charge in [0.1, 0.15) is 6.04 Å². The van der Waals surface area contributed by atoms with Gasteiger partial charge in [-0.2, -0.15) is 13.2 Å². The van der Waals surface area contributed by atoms with Crippen LogP contribution in [0.3, 0.4) is 0 Å². The quantitative estimate of drug-likeness (QED) is 0.334. The van der Waals surface area contributed by atoms with Crippen LogP contribution in [-0.4, -0.2) is 65.8 Å². The summed E-state index contributed by atoms with van der Waals surface area (Å²) in [5, 5.41) is 12.3. The number of carbonyl (C=O) groups is 3. The first-order valence-corrected chi connectivity index (χ1v) is 9.61. The number of halogens is 3. The Hall–Kier alpha value is -1.94. The summed E-state index contributed by atoms with van der Waals surface area (Å²) in [6.07, 6.45) is -0.0298. The minimum absolute atomic E-state index is 0.0887. The van der Waals surface area contributed by atoms with Crippen molar-refractivity contribution >= 4 is 17.8 Å². The first-order valence-electron chi connectivity index (χ1n) is 9.61. The molecular weight excluding hydrogens is 393 g/mol. The number of ether oxygens (including phenoxy) is 1. The fraction of sp³-hybridized carbons (Fsp3) is 0.737. The van der Waals surface area contributed by atoms with Gasteiger partial charge in [-0.05, 0) is 31.6 Å². The highest BCUT2D eigenvalue weighted by Crippen LogP contribution is 2.29. The lowest BCUT2D eigenvalue weighted by atomic mass is 9.94. The fourth-order valence-electron chi connectivity index (χ4n) is 3.68. The van der Waals surface area contributed by atoms with Crippen molar-refractivity contribution in [3.8, 4) is 0 Å². The molecule has 166 valence electrons. The molecule has 0 aromatic rings. The highest BCUT2D eigenvalue weighted by Gasteiger charge is 2.46. The van der Waals surface area contributed by atoms with Crippen LogP contribution in [0.2, 0.25) is 0 Å². The van der Waals surface area contributed by atoms with Gasteiger partial charge in [0, 0.05) is 20.0 Å². The summed E-state index contributed by atoms with van der Waals surface area (Å²) in [5.74, 6) is -4.41. The molecule has 1 heterocycles. The Balaban J connectivity index is 3.00. The molecule has 29 heavy (non-hydrogen) atoms. The summed E-state index contributed by atoms with van der Waals surface area (Å²) in [6, 6.07) is -1.57. The molecule has 0 bridgehead atoms. The number of rotatable bonds is 9. The number of nitrogens with one attached hydrogen (secondary N) is 1. The second-order valence-electron chi connectivity index (χ2n) is 7.24. The molecule has 1 saturated heterocycles. The number of hydrogen-bond acceptors (Lipinski definition) is 6. The average molecular weight is 422 g/mol. The zero-order chi connectivity index (χ0) is 22.2. The highest BCUT2D eigenvalue weighted by molar-refractivity contribution is 5.91. The molecule has 0 aromatic heterocycles. The number of carbonyl (C=O) groups excluding carboxylic acids is 3. The summed E-state index contributed by atoms with van der Waals surface area (Å²) in [6.45, 7) is 5.39.